The monoisotopic (exact) mass is 249 g/mol. The summed E-state index contributed by atoms with van der Waals surface area (Å²) >= 11 is 0. The van der Waals surface area contributed by atoms with E-state index >= 15 is 0 Å². The normalized spacial score (nSPS) is 16.7. The van der Waals surface area contributed by atoms with E-state index in [1.165, 1.54) is 0 Å². The van der Waals surface area contributed by atoms with Crippen LogP contribution in [-0.2, 0) is 9.53 Å². The van der Waals surface area contributed by atoms with Crippen molar-refractivity contribution < 1.29 is 14.3 Å². The average Bonchev–Trinajstić information content (AvgIpc) is 2.33. The van der Waals surface area contributed by atoms with Gasteiger partial charge in [0.2, 0.25) is 0 Å². The highest BCUT2D eigenvalue weighted by atomic mass is 16.6. The van der Waals surface area contributed by atoms with Crippen molar-refractivity contribution in [3.8, 4) is 5.75 Å². The molecule has 0 radical (unpaired) electrons. The van der Waals surface area contributed by atoms with E-state index < -0.39 is 0 Å². The van der Waals surface area contributed by atoms with Crippen LogP contribution in [0.4, 0.5) is 0 Å². The summed E-state index contributed by atoms with van der Waals surface area (Å²) in [7, 11) is 0. The topological polar surface area (TPSA) is 47.6 Å². The Labute approximate surface area is 107 Å². The smallest absolute Gasteiger partial charge is 0.309 e. The van der Waals surface area contributed by atoms with E-state index in [0.29, 0.717) is 19.1 Å². The predicted octanol–water partition coefficient (Wildman–Crippen LogP) is 1.46. The molecule has 4 heteroatoms. The fourth-order valence-corrected chi connectivity index (χ4v) is 1.81. The fourth-order valence-electron chi connectivity index (χ4n) is 1.81. The van der Waals surface area contributed by atoms with Crippen LogP contribution in [0.3, 0.4) is 0 Å². The van der Waals surface area contributed by atoms with E-state index in [-0.39, 0.29) is 11.9 Å². The van der Waals surface area contributed by atoms with Crippen LogP contribution in [-0.4, -0.2) is 32.3 Å². The molecule has 1 unspecified atom stereocenters. The lowest BCUT2D eigenvalue weighted by atomic mass is 9.89. The zero-order valence-corrected chi connectivity index (χ0v) is 10.6. The molecule has 1 aromatic rings. The van der Waals surface area contributed by atoms with Gasteiger partial charge in [-0.1, -0.05) is 25.1 Å². The number of hydrogen-bond donors (Lipinski definition) is 1. The summed E-state index contributed by atoms with van der Waals surface area (Å²) in [6.45, 7) is 4.45. The van der Waals surface area contributed by atoms with Crippen LogP contribution in [0.1, 0.15) is 6.92 Å². The van der Waals surface area contributed by atoms with Gasteiger partial charge in [0.25, 0.3) is 0 Å². The Balaban J connectivity index is 1.61. The van der Waals surface area contributed by atoms with Crippen molar-refractivity contribution in [3.05, 3.63) is 30.3 Å². The predicted molar refractivity (Wildman–Crippen MR) is 68.4 cm³/mol. The van der Waals surface area contributed by atoms with E-state index in [1.54, 1.807) is 0 Å². The minimum Gasteiger partial charge on any atom is -0.490 e. The minimum atomic E-state index is -0.127. The molecule has 1 aromatic carbocycles. The number of esters is 1. The number of rotatable bonds is 6. The molecule has 0 saturated carbocycles. The first-order valence-electron chi connectivity index (χ1n) is 6.32. The van der Waals surface area contributed by atoms with Crippen LogP contribution in [0.2, 0.25) is 0 Å². The van der Waals surface area contributed by atoms with E-state index in [2.05, 4.69) is 5.32 Å². The summed E-state index contributed by atoms with van der Waals surface area (Å²) in [5.41, 5.74) is 0. The molecule has 1 aliphatic heterocycles. The van der Waals surface area contributed by atoms with Crippen LogP contribution in [0.15, 0.2) is 30.3 Å². The first-order chi connectivity index (χ1) is 8.77. The van der Waals surface area contributed by atoms with Crippen molar-refractivity contribution in [2.24, 2.45) is 11.8 Å². The SMILES string of the molecule is CC(C(=O)OCCOc1ccccc1)C1CNC1. The number of benzene rings is 1. The molecular weight excluding hydrogens is 230 g/mol. The molecule has 0 aliphatic carbocycles. The van der Waals surface area contributed by atoms with Crippen molar-refractivity contribution in [2.45, 2.75) is 6.92 Å². The molecule has 18 heavy (non-hydrogen) atoms. The molecule has 0 amide bonds. The van der Waals surface area contributed by atoms with Crippen molar-refractivity contribution in [1.82, 2.24) is 5.32 Å². The molecule has 1 atom stereocenters. The minimum absolute atomic E-state index is 0.0250. The molecule has 0 aromatic heterocycles. The third-order valence-corrected chi connectivity index (χ3v) is 3.23. The molecule has 1 aliphatic rings. The highest BCUT2D eigenvalue weighted by molar-refractivity contribution is 5.72. The van der Waals surface area contributed by atoms with Gasteiger partial charge in [0.05, 0.1) is 5.92 Å². The first kappa shape index (κ1) is 12.9. The van der Waals surface area contributed by atoms with Crippen molar-refractivity contribution in [3.63, 3.8) is 0 Å². The Kier molecular flexibility index (Phi) is 4.59. The Morgan fingerprint density at radius 1 is 1.33 bits per heavy atom. The van der Waals surface area contributed by atoms with E-state index in [4.69, 9.17) is 9.47 Å². The first-order valence-corrected chi connectivity index (χ1v) is 6.32. The lowest BCUT2D eigenvalue weighted by Gasteiger charge is -2.31. The van der Waals surface area contributed by atoms with Gasteiger partial charge in [-0.2, -0.15) is 0 Å². The van der Waals surface area contributed by atoms with Crippen molar-refractivity contribution in [2.75, 3.05) is 26.3 Å². The molecule has 1 N–H and O–H groups in total. The molecule has 1 heterocycles. The molecule has 0 spiro atoms. The van der Waals surface area contributed by atoms with E-state index in [9.17, 15) is 4.79 Å². The van der Waals surface area contributed by atoms with Gasteiger partial charge < -0.3 is 14.8 Å². The van der Waals surface area contributed by atoms with Crippen LogP contribution in [0, 0.1) is 11.8 Å². The van der Waals surface area contributed by atoms with Crippen molar-refractivity contribution >= 4 is 5.97 Å². The number of ether oxygens (including phenoxy) is 2. The molecule has 98 valence electrons. The highest BCUT2D eigenvalue weighted by Crippen LogP contribution is 2.17. The van der Waals surface area contributed by atoms with Gasteiger partial charge in [-0.3, -0.25) is 4.79 Å². The van der Waals surface area contributed by atoms with Crippen LogP contribution in [0.25, 0.3) is 0 Å². The maximum absolute atomic E-state index is 11.7. The maximum Gasteiger partial charge on any atom is 0.309 e. The molecule has 4 nitrogen and oxygen atoms in total. The second-order valence-corrected chi connectivity index (χ2v) is 4.54. The van der Waals surface area contributed by atoms with Crippen LogP contribution in [0.5, 0.6) is 5.75 Å². The average molecular weight is 249 g/mol. The van der Waals surface area contributed by atoms with E-state index in [0.717, 1.165) is 18.8 Å². The van der Waals surface area contributed by atoms with Gasteiger partial charge in [0.1, 0.15) is 19.0 Å². The summed E-state index contributed by atoms with van der Waals surface area (Å²) in [5.74, 6) is 1.07. The van der Waals surface area contributed by atoms with Gasteiger partial charge in [-0.15, -0.1) is 0 Å². The van der Waals surface area contributed by atoms with Gasteiger partial charge >= 0.3 is 5.97 Å². The van der Waals surface area contributed by atoms with Crippen LogP contribution >= 0.6 is 0 Å². The second kappa shape index (κ2) is 6.40. The fraction of sp³-hybridized carbons (Fsp3) is 0.500. The lowest BCUT2D eigenvalue weighted by Crippen LogP contribution is -2.47. The summed E-state index contributed by atoms with van der Waals surface area (Å²) in [4.78, 5) is 11.7. The Hall–Kier alpha value is -1.55. The molecular formula is C14H19NO3. The largest absolute Gasteiger partial charge is 0.490 e. The third kappa shape index (κ3) is 3.47. The zero-order chi connectivity index (χ0) is 12.8. The Morgan fingerprint density at radius 3 is 2.67 bits per heavy atom. The summed E-state index contributed by atoms with van der Waals surface area (Å²) in [6.07, 6.45) is 0. The molecule has 1 saturated heterocycles. The third-order valence-electron chi connectivity index (χ3n) is 3.23. The zero-order valence-electron chi connectivity index (χ0n) is 10.6. The summed E-state index contributed by atoms with van der Waals surface area (Å²) in [6, 6.07) is 9.51. The van der Waals surface area contributed by atoms with Gasteiger partial charge in [0, 0.05) is 0 Å². The number of hydrogen-bond acceptors (Lipinski definition) is 4. The van der Waals surface area contributed by atoms with E-state index in [1.807, 2.05) is 37.3 Å². The van der Waals surface area contributed by atoms with Gasteiger partial charge in [0.15, 0.2) is 0 Å². The van der Waals surface area contributed by atoms with Crippen molar-refractivity contribution in [1.29, 1.82) is 0 Å². The molecule has 1 fully saturated rings. The van der Waals surface area contributed by atoms with Gasteiger partial charge in [-0.05, 0) is 31.1 Å². The lowest BCUT2D eigenvalue weighted by molar-refractivity contribution is -0.151. The highest BCUT2D eigenvalue weighted by Gasteiger charge is 2.29. The quantitative estimate of drug-likeness (QED) is 0.612. The number of nitrogens with one attached hydrogen (secondary N) is 1. The van der Waals surface area contributed by atoms with Crippen LogP contribution < -0.4 is 10.1 Å². The number of carbonyl (C=O) groups is 1. The number of carbonyl (C=O) groups excluding carboxylic acids is 1. The second-order valence-electron chi connectivity index (χ2n) is 4.54. The summed E-state index contributed by atoms with van der Waals surface area (Å²) < 4.78 is 10.6. The maximum atomic E-state index is 11.7. The standard InChI is InChI=1S/C14H19NO3/c1-11(12-9-15-10-12)14(16)18-8-7-17-13-5-3-2-4-6-13/h2-6,11-12,15H,7-10H2,1H3. The molecule has 0 bridgehead atoms. The van der Waals surface area contributed by atoms with Gasteiger partial charge in [-0.25, -0.2) is 0 Å². The Morgan fingerprint density at radius 2 is 2.06 bits per heavy atom. The number of para-hydroxylation sites is 1. The molecule has 2 rings (SSSR count). The summed E-state index contributed by atoms with van der Waals surface area (Å²) in [5, 5.41) is 3.15. The Bertz CT molecular complexity index is 376.